The summed E-state index contributed by atoms with van der Waals surface area (Å²) >= 11 is 0. The maximum absolute atomic E-state index is 12.6. The second-order valence-electron chi connectivity index (χ2n) is 14.2. The third-order valence-electron chi connectivity index (χ3n) is 9.13. The number of hydrogen-bond acceptors (Lipinski definition) is 5. The Kier molecular flexibility index (Phi) is 40.0. The van der Waals surface area contributed by atoms with Gasteiger partial charge < -0.3 is 14.2 Å². The molecule has 0 heterocycles. The van der Waals surface area contributed by atoms with Crippen LogP contribution in [0.5, 0.6) is 0 Å². The Hall–Kier alpha value is -1.88. The van der Waals surface area contributed by atoms with Crippen LogP contribution in [-0.4, -0.2) is 37.9 Å². The number of esters is 2. The number of carbonyl (C=O) groups is 2. The van der Waals surface area contributed by atoms with Gasteiger partial charge in [-0.15, -0.1) is 0 Å². The molecule has 0 rings (SSSR count). The van der Waals surface area contributed by atoms with Crippen molar-refractivity contribution < 1.29 is 23.8 Å². The molecule has 0 aromatic rings. The van der Waals surface area contributed by atoms with E-state index in [1.54, 1.807) is 0 Å². The van der Waals surface area contributed by atoms with Gasteiger partial charge in [-0.2, -0.15) is 0 Å². The first kappa shape index (κ1) is 48.1. The van der Waals surface area contributed by atoms with E-state index in [0.717, 1.165) is 57.8 Å². The Morgan fingerprint density at radius 2 is 0.900 bits per heavy atom. The van der Waals surface area contributed by atoms with E-state index >= 15 is 0 Å². The molecule has 5 nitrogen and oxygen atoms in total. The summed E-state index contributed by atoms with van der Waals surface area (Å²) in [6, 6.07) is 0. The van der Waals surface area contributed by atoms with E-state index in [4.69, 9.17) is 14.2 Å². The Labute approximate surface area is 310 Å². The van der Waals surface area contributed by atoms with E-state index in [-0.39, 0.29) is 25.2 Å². The van der Waals surface area contributed by atoms with Crippen molar-refractivity contribution in [2.24, 2.45) is 0 Å². The molecule has 0 aromatic carbocycles. The fourth-order valence-electron chi connectivity index (χ4n) is 5.88. The summed E-state index contributed by atoms with van der Waals surface area (Å²) in [5.74, 6) is -0.413. The quantitative estimate of drug-likeness (QED) is 0.0362. The standard InChI is InChI=1S/C45H82O5/c1-4-7-10-13-16-19-21-22-23-25-28-31-34-37-40-48-41-43(50-45(47)39-36-33-30-26-18-15-12-9-6-3)42-49-44(46)38-35-32-29-27-24-20-17-14-11-8-5-2/h10,13-14,17,19,21,43H,4-9,11-12,15-16,18,20,22-42H2,1-3H3/b13-10-,17-14-,21-19-. The molecule has 0 aromatic heterocycles. The van der Waals surface area contributed by atoms with E-state index in [1.165, 1.54) is 122 Å². The third kappa shape index (κ3) is 38.9. The molecule has 1 atom stereocenters. The van der Waals surface area contributed by atoms with Crippen molar-refractivity contribution in [3.63, 3.8) is 0 Å². The zero-order valence-electron chi connectivity index (χ0n) is 33.4. The van der Waals surface area contributed by atoms with Crippen molar-refractivity contribution in [2.75, 3.05) is 19.8 Å². The van der Waals surface area contributed by atoms with Gasteiger partial charge in [0, 0.05) is 19.4 Å². The highest BCUT2D eigenvalue weighted by Crippen LogP contribution is 2.13. The second kappa shape index (κ2) is 41.5. The molecule has 0 amide bonds. The fourth-order valence-corrected chi connectivity index (χ4v) is 5.88. The molecule has 0 radical (unpaired) electrons. The predicted molar refractivity (Wildman–Crippen MR) is 215 cm³/mol. The molecule has 0 N–H and O–H groups in total. The number of rotatable bonds is 39. The highest BCUT2D eigenvalue weighted by atomic mass is 16.6. The van der Waals surface area contributed by atoms with Crippen LogP contribution in [0.4, 0.5) is 0 Å². The first-order valence-electron chi connectivity index (χ1n) is 21.5. The average Bonchev–Trinajstić information content (AvgIpc) is 3.11. The molecule has 0 bridgehead atoms. The molecule has 0 fully saturated rings. The number of ether oxygens (including phenoxy) is 3. The van der Waals surface area contributed by atoms with Gasteiger partial charge >= 0.3 is 11.9 Å². The van der Waals surface area contributed by atoms with Gasteiger partial charge in [-0.25, -0.2) is 0 Å². The minimum absolute atomic E-state index is 0.0795. The molecule has 0 saturated carbocycles. The number of unbranched alkanes of at least 4 members (excludes halogenated alkanes) is 22. The first-order chi connectivity index (χ1) is 24.6. The van der Waals surface area contributed by atoms with Gasteiger partial charge in [0.05, 0.1) is 6.61 Å². The SMILES string of the molecule is CCC/C=C\C/C=C\CCCCCCCCOCC(COC(=O)CCCCCCC/C=C\CCCC)OC(=O)CCCCCCCCCCC. The van der Waals surface area contributed by atoms with Crippen LogP contribution in [0, 0.1) is 0 Å². The van der Waals surface area contributed by atoms with Crippen LogP contribution in [0.2, 0.25) is 0 Å². The second-order valence-corrected chi connectivity index (χ2v) is 14.2. The molecule has 1 unspecified atom stereocenters. The lowest BCUT2D eigenvalue weighted by Gasteiger charge is -2.18. The van der Waals surface area contributed by atoms with E-state index in [2.05, 4.69) is 57.2 Å². The first-order valence-corrected chi connectivity index (χ1v) is 21.5. The lowest BCUT2D eigenvalue weighted by Crippen LogP contribution is -2.30. The Balaban J connectivity index is 4.24. The minimum atomic E-state index is -0.536. The lowest BCUT2D eigenvalue weighted by molar-refractivity contribution is -0.163. The normalized spacial score (nSPS) is 12.5. The Bertz CT molecular complexity index is 801. The van der Waals surface area contributed by atoms with Crippen molar-refractivity contribution in [1.29, 1.82) is 0 Å². The summed E-state index contributed by atoms with van der Waals surface area (Å²) in [6.45, 7) is 7.69. The van der Waals surface area contributed by atoms with Crippen molar-refractivity contribution in [2.45, 2.75) is 219 Å². The summed E-state index contributed by atoms with van der Waals surface area (Å²) in [5.41, 5.74) is 0. The van der Waals surface area contributed by atoms with Crippen LogP contribution in [0.3, 0.4) is 0 Å². The van der Waals surface area contributed by atoms with E-state index in [1.807, 2.05) is 0 Å². The van der Waals surface area contributed by atoms with E-state index in [0.29, 0.717) is 19.4 Å². The molecule has 292 valence electrons. The minimum Gasteiger partial charge on any atom is -0.462 e. The van der Waals surface area contributed by atoms with Crippen molar-refractivity contribution in [3.05, 3.63) is 36.5 Å². The summed E-state index contributed by atoms with van der Waals surface area (Å²) in [5, 5.41) is 0. The monoisotopic (exact) mass is 703 g/mol. The van der Waals surface area contributed by atoms with Gasteiger partial charge in [0.2, 0.25) is 0 Å². The molecular weight excluding hydrogens is 620 g/mol. The van der Waals surface area contributed by atoms with Crippen molar-refractivity contribution in [3.8, 4) is 0 Å². The average molecular weight is 703 g/mol. The predicted octanol–water partition coefficient (Wildman–Crippen LogP) is 13.9. The molecular formula is C45H82O5. The maximum Gasteiger partial charge on any atom is 0.306 e. The van der Waals surface area contributed by atoms with Gasteiger partial charge in [0.25, 0.3) is 0 Å². The van der Waals surface area contributed by atoms with Gasteiger partial charge in [0.1, 0.15) is 6.61 Å². The molecule has 0 spiro atoms. The van der Waals surface area contributed by atoms with Gasteiger partial charge in [-0.05, 0) is 64.2 Å². The summed E-state index contributed by atoms with van der Waals surface area (Å²) in [7, 11) is 0. The van der Waals surface area contributed by atoms with Crippen LogP contribution in [0.1, 0.15) is 213 Å². The summed E-state index contributed by atoms with van der Waals surface area (Å²) in [4.78, 5) is 25.1. The van der Waals surface area contributed by atoms with Crippen LogP contribution in [0.25, 0.3) is 0 Å². The maximum atomic E-state index is 12.6. The molecule has 5 heteroatoms. The number of carbonyl (C=O) groups excluding carboxylic acids is 2. The fraction of sp³-hybridized carbons (Fsp3) is 0.822. The van der Waals surface area contributed by atoms with Crippen LogP contribution >= 0.6 is 0 Å². The van der Waals surface area contributed by atoms with Crippen molar-refractivity contribution >= 4 is 11.9 Å². The molecule has 0 saturated heterocycles. The zero-order chi connectivity index (χ0) is 36.4. The van der Waals surface area contributed by atoms with Crippen LogP contribution < -0.4 is 0 Å². The Morgan fingerprint density at radius 1 is 0.440 bits per heavy atom. The largest absolute Gasteiger partial charge is 0.462 e. The molecule has 0 aliphatic heterocycles. The number of allylic oxidation sites excluding steroid dienone is 6. The smallest absolute Gasteiger partial charge is 0.306 e. The third-order valence-corrected chi connectivity index (χ3v) is 9.13. The van der Waals surface area contributed by atoms with E-state index < -0.39 is 6.10 Å². The highest BCUT2D eigenvalue weighted by Gasteiger charge is 2.17. The summed E-state index contributed by atoms with van der Waals surface area (Å²) in [6.07, 6.45) is 47.1. The zero-order valence-corrected chi connectivity index (χ0v) is 33.4. The van der Waals surface area contributed by atoms with Crippen LogP contribution in [0.15, 0.2) is 36.5 Å². The van der Waals surface area contributed by atoms with Crippen LogP contribution in [-0.2, 0) is 23.8 Å². The van der Waals surface area contributed by atoms with E-state index in [9.17, 15) is 9.59 Å². The highest BCUT2D eigenvalue weighted by molar-refractivity contribution is 5.70. The van der Waals surface area contributed by atoms with Gasteiger partial charge in [0.15, 0.2) is 6.10 Å². The Morgan fingerprint density at radius 3 is 1.48 bits per heavy atom. The molecule has 0 aliphatic carbocycles. The number of hydrogen-bond donors (Lipinski definition) is 0. The van der Waals surface area contributed by atoms with Gasteiger partial charge in [-0.3, -0.25) is 9.59 Å². The van der Waals surface area contributed by atoms with Crippen molar-refractivity contribution in [1.82, 2.24) is 0 Å². The molecule has 0 aliphatic rings. The summed E-state index contributed by atoms with van der Waals surface area (Å²) < 4.78 is 17.2. The van der Waals surface area contributed by atoms with Gasteiger partial charge in [-0.1, -0.05) is 173 Å². The lowest BCUT2D eigenvalue weighted by atomic mass is 10.1. The molecule has 50 heavy (non-hydrogen) atoms. The topological polar surface area (TPSA) is 61.8 Å².